The van der Waals surface area contributed by atoms with Gasteiger partial charge in [0.25, 0.3) is 11.8 Å². The summed E-state index contributed by atoms with van der Waals surface area (Å²) < 4.78 is 0. The fourth-order valence-electron chi connectivity index (χ4n) is 3.46. The van der Waals surface area contributed by atoms with Crippen LogP contribution in [0.4, 0.5) is 5.69 Å². The first kappa shape index (κ1) is 17.9. The normalized spacial score (nSPS) is 14.8. The van der Waals surface area contributed by atoms with Crippen molar-refractivity contribution in [2.75, 3.05) is 4.90 Å². The summed E-state index contributed by atoms with van der Waals surface area (Å²) in [4.78, 5) is 27.7. The Hall–Kier alpha value is -1.94. The number of alkyl halides is 1. The molecule has 4 heteroatoms. The summed E-state index contributed by atoms with van der Waals surface area (Å²) in [5.74, 6) is -0.143. The summed E-state index contributed by atoms with van der Waals surface area (Å²) in [6.07, 6.45) is 1.73. The predicted molar refractivity (Wildman–Crippen MR) is 105 cm³/mol. The van der Waals surface area contributed by atoms with Crippen molar-refractivity contribution >= 4 is 33.4 Å². The number of rotatable bonds is 5. The Kier molecular flexibility index (Phi) is 5.09. The highest BCUT2D eigenvalue weighted by Crippen LogP contribution is 2.38. The summed E-state index contributed by atoms with van der Waals surface area (Å²) in [5, 5.41) is 0.552. The first-order valence-electron chi connectivity index (χ1n) is 8.73. The SMILES string of the molecule is CCc1cccc(C(C)CC)c1N1C(=O)c2cccc(CBr)c2C1=O. The average Bonchev–Trinajstić information content (AvgIpc) is 2.91. The molecule has 3 nitrogen and oxygen atoms in total. The van der Waals surface area contributed by atoms with Crippen molar-refractivity contribution < 1.29 is 9.59 Å². The lowest BCUT2D eigenvalue weighted by Gasteiger charge is -2.24. The van der Waals surface area contributed by atoms with Gasteiger partial charge < -0.3 is 0 Å². The maximum absolute atomic E-state index is 13.2. The van der Waals surface area contributed by atoms with Crippen LogP contribution >= 0.6 is 15.9 Å². The van der Waals surface area contributed by atoms with Gasteiger partial charge in [-0.25, -0.2) is 4.90 Å². The number of nitrogens with zero attached hydrogens (tertiary/aromatic N) is 1. The summed E-state index contributed by atoms with van der Waals surface area (Å²) in [6.45, 7) is 6.32. The number of halogens is 1. The average molecular weight is 400 g/mol. The van der Waals surface area contributed by atoms with E-state index in [-0.39, 0.29) is 17.7 Å². The highest BCUT2D eigenvalue weighted by atomic mass is 79.9. The minimum absolute atomic E-state index is 0.208. The number of hydrogen-bond donors (Lipinski definition) is 0. The monoisotopic (exact) mass is 399 g/mol. The zero-order valence-corrected chi connectivity index (χ0v) is 16.4. The van der Waals surface area contributed by atoms with Gasteiger partial charge in [0.15, 0.2) is 0 Å². The third-order valence-corrected chi connectivity index (χ3v) is 5.65. The van der Waals surface area contributed by atoms with Gasteiger partial charge in [0.1, 0.15) is 0 Å². The predicted octanol–water partition coefficient (Wildman–Crippen LogP) is 5.46. The molecule has 1 heterocycles. The molecule has 0 fully saturated rings. The summed E-state index contributed by atoms with van der Waals surface area (Å²) in [7, 11) is 0. The number of anilines is 1. The van der Waals surface area contributed by atoms with Crippen LogP contribution in [-0.2, 0) is 11.8 Å². The van der Waals surface area contributed by atoms with Crippen LogP contribution in [0.25, 0.3) is 0 Å². The molecule has 0 aromatic heterocycles. The van der Waals surface area contributed by atoms with Crippen molar-refractivity contribution in [1.82, 2.24) is 0 Å². The minimum Gasteiger partial charge on any atom is -0.268 e. The Balaban J connectivity index is 2.22. The molecule has 0 N–H and O–H groups in total. The molecular weight excluding hydrogens is 378 g/mol. The molecule has 2 amide bonds. The second-order valence-corrected chi connectivity index (χ2v) is 7.00. The Morgan fingerprint density at radius 2 is 1.68 bits per heavy atom. The number of carbonyl (C=O) groups excluding carboxylic acids is 2. The fraction of sp³-hybridized carbons (Fsp3) is 0.333. The van der Waals surface area contributed by atoms with Gasteiger partial charge in [-0.05, 0) is 41.5 Å². The number of benzene rings is 2. The van der Waals surface area contributed by atoms with Gasteiger partial charge in [0.05, 0.1) is 16.8 Å². The van der Waals surface area contributed by atoms with Crippen LogP contribution in [0.15, 0.2) is 36.4 Å². The van der Waals surface area contributed by atoms with Gasteiger partial charge in [-0.1, -0.05) is 67.0 Å². The molecule has 1 aliphatic rings. The van der Waals surface area contributed by atoms with Crippen LogP contribution in [-0.4, -0.2) is 11.8 Å². The van der Waals surface area contributed by atoms with E-state index in [0.29, 0.717) is 16.5 Å². The number of imide groups is 1. The van der Waals surface area contributed by atoms with E-state index in [0.717, 1.165) is 35.2 Å². The highest BCUT2D eigenvalue weighted by molar-refractivity contribution is 9.08. The smallest absolute Gasteiger partial charge is 0.266 e. The van der Waals surface area contributed by atoms with Crippen LogP contribution in [0.3, 0.4) is 0 Å². The van der Waals surface area contributed by atoms with Gasteiger partial charge in [0, 0.05) is 5.33 Å². The van der Waals surface area contributed by atoms with Crippen LogP contribution < -0.4 is 4.90 Å². The molecule has 0 saturated heterocycles. The summed E-state index contributed by atoms with van der Waals surface area (Å²) >= 11 is 3.43. The molecule has 1 unspecified atom stereocenters. The third kappa shape index (κ3) is 2.82. The second kappa shape index (κ2) is 7.12. The number of hydrogen-bond acceptors (Lipinski definition) is 2. The Labute approximate surface area is 157 Å². The molecule has 0 bridgehead atoms. The first-order valence-corrected chi connectivity index (χ1v) is 9.85. The lowest BCUT2D eigenvalue weighted by molar-refractivity contribution is 0.0925. The van der Waals surface area contributed by atoms with Crippen molar-refractivity contribution in [3.05, 3.63) is 64.2 Å². The Morgan fingerprint density at radius 3 is 2.32 bits per heavy atom. The zero-order chi connectivity index (χ0) is 18.1. The van der Waals surface area contributed by atoms with Crippen LogP contribution in [0, 0.1) is 0 Å². The first-order chi connectivity index (χ1) is 12.0. The molecule has 2 aromatic carbocycles. The third-order valence-electron chi connectivity index (χ3n) is 5.04. The van der Waals surface area contributed by atoms with Crippen molar-refractivity contribution in [3.8, 4) is 0 Å². The molecule has 0 saturated carbocycles. The van der Waals surface area contributed by atoms with Crippen LogP contribution in [0.2, 0.25) is 0 Å². The Bertz CT molecular complexity index is 844. The van der Waals surface area contributed by atoms with Gasteiger partial charge in [-0.15, -0.1) is 0 Å². The van der Waals surface area contributed by atoms with E-state index in [1.165, 1.54) is 4.90 Å². The van der Waals surface area contributed by atoms with Crippen molar-refractivity contribution in [2.24, 2.45) is 0 Å². The summed E-state index contributed by atoms with van der Waals surface area (Å²) in [6, 6.07) is 11.5. The van der Waals surface area contributed by atoms with Crippen LogP contribution in [0.5, 0.6) is 0 Å². The van der Waals surface area contributed by atoms with E-state index < -0.39 is 0 Å². The second-order valence-electron chi connectivity index (χ2n) is 6.44. The molecule has 1 aliphatic heterocycles. The molecule has 0 radical (unpaired) electrons. The van der Waals surface area contributed by atoms with Gasteiger partial charge >= 0.3 is 0 Å². The maximum atomic E-state index is 13.2. The van der Waals surface area contributed by atoms with Crippen molar-refractivity contribution in [1.29, 1.82) is 0 Å². The van der Waals surface area contributed by atoms with E-state index >= 15 is 0 Å². The van der Waals surface area contributed by atoms with E-state index in [1.54, 1.807) is 6.07 Å². The standard InChI is InChI=1S/C21H22BrNO2/c1-4-13(3)16-10-6-8-14(5-2)19(16)23-20(24)17-11-7-9-15(12-22)18(17)21(23)25/h6-11,13H,4-5,12H2,1-3H3. The number of para-hydroxylation sites is 1. The molecule has 2 aromatic rings. The lowest BCUT2D eigenvalue weighted by atomic mass is 9.92. The molecule has 130 valence electrons. The number of carbonyl (C=O) groups is 2. The Morgan fingerprint density at radius 1 is 1.00 bits per heavy atom. The molecule has 25 heavy (non-hydrogen) atoms. The fourth-order valence-corrected chi connectivity index (χ4v) is 3.92. The van der Waals surface area contributed by atoms with Gasteiger partial charge in [-0.2, -0.15) is 0 Å². The zero-order valence-electron chi connectivity index (χ0n) is 14.8. The largest absolute Gasteiger partial charge is 0.268 e. The van der Waals surface area contributed by atoms with Crippen molar-refractivity contribution in [2.45, 2.75) is 44.9 Å². The molecule has 1 atom stereocenters. The minimum atomic E-state index is -0.215. The van der Waals surface area contributed by atoms with E-state index in [2.05, 4.69) is 36.7 Å². The number of amides is 2. The molecule has 0 aliphatic carbocycles. The lowest BCUT2D eigenvalue weighted by Crippen LogP contribution is -2.31. The van der Waals surface area contributed by atoms with E-state index in [4.69, 9.17) is 0 Å². The van der Waals surface area contributed by atoms with Crippen molar-refractivity contribution in [3.63, 3.8) is 0 Å². The van der Waals surface area contributed by atoms with Crippen LogP contribution in [0.1, 0.15) is 70.5 Å². The topological polar surface area (TPSA) is 37.4 Å². The number of fused-ring (bicyclic) bond motifs is 1. The summed E-state index contributed by atoms with van der Waals surface area (Å²) in [5.41, 5.74) is 4.78. The molecule has 3 rings (SSSR count). The van der Waals surface area contributed by atoms with Gasteiger partial charge in [0.2, 0.25) is 0 Å². The number of aryl methyl sites for hydroxylation is 1. The highest BCUT2D eigenvalue weighted by Gasteiger charge is 2.40. The van der Waals surface area contributed by atoms with E-state index in [1.807, 2.05) is 30.3 Å². The maximum Gasteiger partial charge on any atom is 0.266 e. The molecule has 0 spiro atoms. The van der Waals surface area contributed by atoms with Gasteiger partial charge in [-0.3, -0.25) is 9.59 Å². The van der Waals surface area contributed by atoms with E-state index in [9.17, 15) is 9.59 Å². The quantitative estimate of drug-likeness (QED) is 0.494. The molecular formula is C21H22BrNO2.